The SMILES string of the molecule is O=C1Nc2c(c(=O)[nH]c(=O)n2Cc2ccccc2)C(c2ccc(F)cc2)N1. The van der Waals surface area contributed by atoms with Crippen molar-refractivity contribution >= 4 is 11.8 Å². The Kier molecular flexibility index (Phi) is 4.08. The van der Waals surface area contributed by atoms with E-state index in [2.05, 4.69) is 15.6 Å². The van der Waals surface area contributed by atoms with Gasteiger partial charge in [-0.15, -0.1) is 0 Å². The molecule has 136 valence electrons. The van der Waals surface area contributed by atoms with Crippen molar-refractivity contribution in [3.63, 3.8) is 0 Å². The number of carbonyl (C=O) groups is 1. The van der Waals surface area contributed by atoms with Crippen LogP contribution in [0.3, 0.4) is 0 Å². The second kappa shape index (κ2) is 6.56. The lowest BCUT2D eigenvalue weighted by molar-refractivity contribution is 0.248. The van der Waals surface area contributed by atoms with Gasteiger partial charge in [0.2, 0.25) is 0 Å². The maximum Gasteiger partial charge on any atom is 0.330 e. The molecule has 0 fully saturated rings. The molecule has 0 aliphatic carbocycles. The molecule has 2 heterocycles. The Labute approximate surface area is 152 Å². The summed E-state index contributed by atoms with van der Waals surface area (Å²) < 4.78 is 14.6. The standard InChI is InChI=1S/C19H15FN4O3/c20-13-8-6-12(7-9-13)15-14-16(22-18(26)21-15)24(19(27)23-17(14)25)10-11-4-2-1-3-5-11/h1-9,15H,10H2,(H2,21,22,26)(H,23,25,27). The number of urea groups is 1. The van der Waals surface area contributed by atoms with E-state index < -0.39 is 29.1 Å². The van der Waals surface area contributed by atoms with Crippen LogP contribution in [-0.4, -0.2) is 15.6 Å². The van der Waals surface area contributed by atoms with E-state index >= 15 is 0 Å². The zero-order valence-electron chi connectivity index (χ0n) is 14.0. The van der Waals surface area contributed by atoms with Crippen LogP contribution in [0.15, 0.2) is 64.2 Å². The normalized spacial score (nSPS) is 15.6. The third-order valence-electron chi connectivity index (χ3n) is 4.42. The molecule has 1 atom stereocenters. The highest BCUT2D eigenvalue weighted by Gasteiger charge is 2.31. The second-order valence-corrected chi connectivity index (χ2v) is 6.18. The lowest BCUT2D eigenvalue weighted by Gasteiger charge is -2.28. The number of rotatable bonds is 3. The monoisotopic (exact) mass is 366 g/mol. The summed E-state index contributed by atoms with van der Waals surface area (Å²) in [6.45, 7) is 0.176. The summed E-state index contributed by atoms with van der Waals surface area (Å²) in [4.78, 5) is 39.4. The van der Waals surface area contributed by atoms with E-state index in [1.165, 1.54) is 28.8 Å². The van der Waals surface area contributed by atoms with Crippen molar-refractivity contribution in [2.45, 2.75) is 12.6 Å². The number of aromatic amines is 1. The first kappa shape index (κ1) is 16.8. The van der Waals surface area contributed by atoms with Gasteiger partial charge in [0.05, 0.1) is 18.2 Å². The Bertz CT molecular complexity index is 1120. The van der Waals surface area contributed by atoms with Gasteiger partial charge >= 0.3 is 11.7 Å². The van der Waals surface area contributed by atoms with E-state index in [0.29, 0.717) is 5.56 Å². The highest BCUT2D eigenvalue weighted by molar-refractivity contribution is 5.92. The van der Waals surface area contributed by atoms with Crippen molar-refractivity contribution < 1.29 is 9.18 Å². The van der Waals surface area contributed by atoms with Crippen LogP contribution in [0.1, 0.15) is 22.7 Å². The number of fused-ring (bicyclic) bond motifs is 1. The highest BCUT2D eigenvalue weighted by atomic mass is 19.1. The smallest absolute Gasteiger partial charge is 0.327 e. The Morgan fingerprint density at radius 3 is 2.37 bits per heavy atom. The molecule has 2 aromatic carbocycles. The summed E-state index contributed by atoms with van der Waals surface area (Å²) in [7, 11) is 0. The summed E-state index contributed by atoms with van der Waals surface area (Å²) >= 11 is 0. The number of H-pyrrole nitrogens is 1. The zero-order chi connectivity index (χ0) is 19.0. The molecule has 0 saturated carbocycles. The quantitative estimate of drug-likeness (QED) is 0.661. The van der Waals surface area contributed by atoms with Crippen molar-refractivity contribution in [2.24, 2.45) is 0 Å². The molecule has 27 heavy (non-hydrogen) atoms. The van der Waals surface area contributed by atoms with Gasteiger partial charge in [-0.25, -0.2) is 14.0 Å². The topological polar surface area (TPSA) is 96.0 Å². The van der Waals surface area contributed by atoms with Gasteiger partial charge in [0.25, 0.3) is 5.56 Å². The molecule has 0 radical (unpaired) electrons. The van der Waals surface area contributed by atoms with Gasteiger partial charge in [-0.2, -0.15) is 0 Å². The number of benzene rings is 2. The largest absolute Gasteiger partial charge is 0.330 e. The fraction of sp³-hybridized carbons (Fsp3) is 0.105. The van der Waals surface area contributed by atoms with Crippen molar-refractivity contribution in [1.29, 1.82) is 0 Å². The van der Waals surface area contributed by atoms with Crippen molar-refractivity contribution in [2.75, 3.05) is 5.32 Å². The molecule has 8 heteroatoms. The number of anilines is 1. The van der Waals surface area contributed by atoms with Crippen LogP contribution >= 0.6 is 0 Å². The molecule has 3 N–H and O–H groups in total. The number of amides is 2. The Morgan fingerprint density at radius 1 is 0.963 bits per heavy atom. The minimum Gasteiger partial charge on any atom is -0.327 e. The minimum absolute atomic E-state index is 0.130. The first-order valence-electron chi connectivity index (χ1n) is 8.27. The van der Waals surface area contributed by atoms with Crippen LogP contribution in [-0.2, 0) is 6.54 Å². The maximum absolute atomic E-state index is 13.3. The molecule has 0 saturated heterocycles. The average Bonchev–Trinajstić information content (AvgIpc) is 2.65. The molecule has 2 amide bonds. The van der Waals surface area contributed by atoms with Gasteiger partial charge in [0, 0.05) is 0 Å². The van der Waals surface area contributed by atoms with Gasteiger partial charge < -0.3 is 5.32 Å². The summed E-state index contributed by atoms with van der Waals surface area (Å²) in [6, 6.07) is 13.3. The first-order chi connectivity index (χ1) is 13.0. The number of carbonyl (C=O) groups excluding carboxylic acids is 1. The summed E-state index contributed by atoms with van der Waals surface area (Å²) in [5.41, 5.74) is 0.323. The number of aromatic nitrogens is 2. The second-order valence-electron chi connectivity index (χ2n) is 6.18. The van der Waals surface area contributed by atoms with Crippen LogP contribution in [0.25, 0.3) is 0 Å². The zero-order valence-corrected chi connectivity index (χ0v) is 14.0. The lowest BCUT2D eigenvalue weighted by atomic mass is 9.98. The van der Waals surface area contributed by atoms with E-state index in [4.69, 9.17) is 0 Å². The molecular weight excluding hydrogens is 351 g/mol. The predicted octanol–water partition coefficient (Wildman–Crippen LogP) is 1.95. The van der Waals surface area contributed by atoms with Crippen LogP contribution < -0.4 is 21.9 Å². The Hall–Kier alpha value is -3.68. The fourth-order valence-electron chi connectivity index (χ4n) is 3.16. The first-order valence-corrected chi connectivity index (χ1v) is 8.27. The maximum atomic E-state index is 13.3. The summed E-state index contributed by atoms with van der Waals surface area (Å²) in [5, 5.41) is 5.21. The van der Waals surface area contributed by atoms with Gasteiger partial charge in [-0.05, 0) is 23.3 Å². The molecule has 1 aromatic heterocycles. The number of nitrogens with zero attached hydrogens (tertiary/aromatic N) is 1. The number of nitrogens with one attached hydrogen (secondary N) is 3. The molecule has 1 unspecified atom stereocenters. The van der Waals surface area contributed by atoms with E-state index in [1.54, 1.807) is 0 Å². The predicted molar refractivity (Wildman–Crippen MR) is 97.3 cm³/mol. The van der Waals surface area contributed by atoms with E-state index in [1.807, 2.05) is 30.3 Å². The van der Waals surface area contributed by atoms with Crippen LogP contribution in [0.2, 0.25) is 0 Å². The Morgan fingerprint density at radius 2 is 1.67 bits per heavy atom. The number of hydrogen-bond acceptors (Lipinski definition) is 3. The molecule has 7 nitrogen and oxygen atoms in total. The Balaban J connectivity index is 1.88. The summed E-state index contributed by atoms with van der Waals surface area (Å²) in [6.07, 6.45) is 0. The van der Waals surface area contributed by atoms with Gasteiger partial charge in [0.1, 0.15) is 11.6 Å². The number of halogens is 1. The summed E-state index contributed by atoms with van der Waals surface area (Å²) in [5.74, 6) is -0.298. The third kappa shape index (κ3) is 3.12. The van der Waals surface area contributed by atoms with Gasteiger partial charge in [0.15, 0.2) is 0 Å². The van der Waals surface area contributed by atoms with Crippen LogP contribution in [0.4, 0.5) is 15.0 Å². The van der Waals surface area contributed by atoms with Gasteiger partial charge in [-0.3, -0.25) is 19.7 Å². The molecule has 0 bridgehead atoms. The molecule has 1 aliphatic heterocycles. The molecule has 4 rings (SSSR count). The van der Waals surface area contributed by atoms with Crippen molar-refractivity contribution in [3.05, 3.63) is 97.9 Å². The molecular formula is C19H15FN4O3. The minimum atomic E-state index is -0.805. The molecule has 1 aliphatic rings. The average molecular weight is 366 g/mol. The third-order valence-corrected chi connectivity index (χ3v) is 4.42. The van der Waals surface area contributed by atoms with E-state index in [9.17, 15) is 18.8 Å². The van der Waals surface area contributed by atoms with Gasteiger partial charge in [-0.1, -0.05) is 42.5 Å². The van der Waals surface area contributed by atoms with Crippen LogP contribution in [0.5, 0.6) is 0 Å². The lowest BCUT2D eigenvalue weighted by Crippen LogP contribution is -2.46. The van der Waals surface area contributed by atoms with Crippen molar-refractivity contribution in [1.82, 2.24) is 14.9 Å². The van der Waals surface area contributed by atoms with E-state index in [-0.39, 0.29) is 17.9 Å². The molecule has 0 spiro atoms. The van der Waals surface area contributed by atoms with E-state index in [0.717, 1.165) is 5.56 Å². The molecule has 3 aromatic rings. The number of hydrogen-bond donors (Lipinski definition) is 3. The van der Waals surface area contributed by atoms with Crippen LogP contribution in [0, 0.1) is 5.82 Å². The highest BCUT2D eigenvalue weighted by Crippen LogP contribution is 2.28. The fourth-order valence-corrected chi connectivity index (χ4v) is 3.16. The van der Waals surface area contributed by atoms with Crippen molar-refractivity contribution in [3.8, 4) is 0 Å².